The molecule has 0 bridgehead atoms. The van der Waals surface area contributed by atoms with E-state index >= 15 is 0 Å². The second-order valence-corrected chi connectivity index (χ2v) is 6.02. The van der Waals surface area contributed by atoms with Crippen molar-refractivity contribution in [2.24, 2.45) is 11.7 Å². The number of thiazole rings is 1. The first-order valence-corrected chi connectivity index (χ1v) is 7.76. The number of amides is 1. The predicted molar refractivity (Wildman–Crippen MR) is 80.6 cm³/mol. The summed E-state index contributed by atoms with van der Waals surface area (Å²) in [6, 6.07) is 6.45. The largest absolute Gasteiger partial charge is 0.337 e. The van der Waals surface area contributed by atoms with Crippen LogP contribution in [0.25, 0.3) is 10.6 Å². The number of hydrogen-bond donors (Lipinski definition) is 1. The van der Waals surface area contributed by atoms with Gasteiger partial charge in [0.2, 0.25) is 0 Å². The average molecular weight is 305 g/mol. The molecule has 0 unspecified atom stereocenters. The molecule has 1 aromatic heterocycles. The van der Waals surface area contributed by atoms with Gasteiger partial charge in [-0.05, 0) is 31.0 Å². The molecule has 1 fully saturated rings. The van der Waals surface area contributed by atoms with Crippen LogP contribution >= 0.6 is 11.3 Å². The van der Waals surface area contributed by atoms with Crippen LogP contribution in [0.5, 0.6) is 0 Å². The quantitative estimate of drug-likeness (QED) is 0.947. The van der Waals surface area contributed by atoms with Gasteiger partial charge in [-0.2, -0.15) is 0 Å². The summed E-state index contributed by atoms with van der Waals surface area (Å²) in [4.78, 5) is 18.4. The normalized spacial score (nSPS) is 18.2. The lowest BCUT2D eigenvalue weighted by Crippen LogP contribution is -2.30. The Bertz CT molecular complexity index is 658. The number of hydrogen-bond acceptors (Lipinski definition) is 4. The lowest BCUT2D eigenvalue weighted by Gasteiger charge is -2.14. The van der Waals surface area contributed by atoms with Crippen LogP contribution in [0.1, 0.15) is 16.9 Å². The molecule has 6 heteroatoms. The number of halogens is 1. The van der Waals surface area contributed by atoms with Crippen LogP contribution in [0, 0.1) is 11.7 Å². The van der Waals surface area contributed by atoms with E-state index in [1.165, 1.54) is 17.4 Å². The third-order valence-electron chi connectivity index (χ3n) is 3.73. The van der Waals surface area contributed by atoms with E-state index in [4.69, 9.17) is 5.73 Å². The highest BCUT2D eigenvalue weighted by Gasteiger charge is 2.27. The minimum atomic E-state index is -0.324. The molecular formula is C15H16FN3OS. The van der Waals surface area contributed by atoms with Crippen molar-refractivity contribution in [3.8, 4) is 10.6 Å². The van der Waals surface area contributed by atoms with Crippen LogP contribution in [0.2, 0.25) is 0 Å². The highest BCUT2D eigenvalue weighted by molar-refractivity contribution is 7.13. The van der Waals surface area contributed by atoms with Crippen molar-refractivity contribution in [3.05, 3.63) is 41.2 Å². The second kappa shape index (κ2) is 5.91. The Morgan fingerprint density at radius 2 is 2.29 bits per heavy atom. The molecule has 1 aromatic carbocycles. The summed E-state index contributed by atoms with van der Waals surface area (Å²) >= 11 is 1.29. The third-order valence-corrected chi connectivity index (χ3v) is 4.61. The van der Waals surface area contributed by atoms with E-state index in [0.29, 0.717) is 41.8 Å². The van der Waals surface area contributed by atoms with E-state index in [2.05, 4.69) is 4.98 Å². The highest BCUT2D eigenvalue weighted by atomic mass is 32.1. The maximum absolute atomic E-state index is 13.7. The highest BCUT2D eigenvalue weighted by Crippen LogP contribution is 2.27. The van der Waals surface area contributed by atoms with Crippen molar-refractivity contribution in [1.82, 2.24) is 9.88 Å². The summed E-state index contributed by atoms with van der Waals surface area (Å²) in [6.07, 6.45) is 0.937. The van der Waals surface area contributed by atoms with Crippen LogP contribution in [-0.2, 0) is 0 Å². The Balaban J connectivity index is 1.79. The maximum atomic E-state index is 13.7. The van der Waals surface area contributed by atoms with Crippen LogP contribution in [0.15, 0.2) is 29.6 Å². The van der Waals surface area contributed by atoms with Gasteiger partial charge in [0.1, 0.15) is 16.5 Å². The Morgan fingerprint density at radius 1 is 1.48 bits per heavy atom. The molecule has 2 aromatic rings. The summed E-state index contributed by atoms with van der Waals surface area (Å²) in [5, 5.41) is 2.23. The summed E-state index contributed by atoms with van der Waals surface area (Å²) in [5.41, 5.74) is 6.46. The molecule has 3 rings (SSSR count). The van der Waals surface area contributed by atoms with E-state index in [-0.39, 0.29) is 11.7 Å². The summed E-state index contributed by atoms with van der Waals surface area (Å²) in [7, 11) is 0. The molecule has 1 aliphatic rings. The van der Waals surface area contributed by atoms with Crippen molar-refractivity contribution < 1.29 is 9.18 Å². The summed E-state index contributed by atoms with van der Waals surface area (Å²) in [6.45, 7) is 2.00. The number of nitrogens with two attached hydrogens (primary N) is 1. The molecule has 2 heterocycles. The van der Waals surface area contributed by atoms with Gasteiger partial charge in [-0.1, -0.05) is 12.1 Å². The Hall–Kier alpha value is -1.79. The Kier molecular flexibility index (Phi) is 3.98. The van der Waals surface area contributed by atoms with E-state index in [1.807, 2.05) is 0 Å². The molecular weight excluding hydrogens is 289 g/mol. The van der Waals surface area contributed by atoms with Crippen molar-refractivity contribution in [1.29, 1.82) is 0 Å². The van der Waals surface area contributed by atoms with Gasteiger partial charge in [0, 0.05) is 24.0 Å². The molecule has 4 nitrogen and oxygen atoms in total. The molecule has 2 N–H and O–H groups in total. The van der Waals surface area contributed by atoms with Crippen molar-refractivity contribution in [3.63, 3.8) is 0 Å². The lowest BCUT2D eigenvalue weighted by molar-refractivity contribution is 0.0782. The monoisotopic (exact) mass is 305 g/mol. The van der Waals surface area contributed by atoms with E-state index in [0.717, 1.165) is 6.42 Å². The van der Waals surface area contributed by atoms with Crippen LogP contribution < -0.4 is 5.73 Å². The second-order valence-electron chi connectivity index (χ2n) is 5.16. The molecule has 1 amide bonds. The van der Waals surface area contributed by atoms with E-state index in [9.17, 15) is 9.18 Å². The van der Waals surface area contributed by atoms with Crippen LogP contribution in [-0.4, -0.2) is 35.4 Å². The number of nitrogens with zero attached hydrogens (tertiary/aromatic N) is 2. The molecule has 1 saturated heterocycles. The van der Waals surface area contributed by atoms with Gasteiger partial charge in [0.05, 0.1) is 0 Å². The number of rotatable bonds is 3. The molecule has 21 heavy (non-hydrogen) atoms. The number of carbonyl (C=O) groups excluding carboxylic acids is 1. The van der Waals surface area contributed by atoms with Gasteiger partial charge in [-0.25, -0.2) is 9.37 Å². The topological polar surface area (TPSA) is 59.2 Å². The molecule has 1 aliphatic heterocycles. The van der Waals surface area contributed by atoms with E-state index < -0.39 is 0 Å². The minimum Gasteiger partial charge on any atom is -0.337 e. The molecule has 0 radical (unpaired) electrons. The number of benzene rings is 1. The zero-order valence-corrected chi connectivity index (χ0v) is 12.3. The fourth-order valence-corrected chi connectivity index (χ4v) is 3.32. The standard InChI is InChI=1S/C15H16FN3OS/c16-12-4-2-1-3-11(12)14-18-13(9-21-14)15(20)19-6-5-10(7-17)8-19/h1-4,9-10H,5-8,17H2/t10-/m1/s1. The summed E-state index contributed by atoms with van der Waals surface area (Å²) < 4.78 is 13.7. The molecule has 0 spiro atoms. The van der Waals surface area contributed by atoms with Crippen molar-refractivity contribution in [2.75, 3.05) is 19.6 Å². The fraction of sp³-hybridized carbons (Fsp3) is 0.333. The SMILES string of the molecule is NC[C@H]1CCN(C(=O)c2csc(-c3ccccc3F)n2)C1. The van der Waals surface area contributed by atoms with Crippen LogP contribution in [0.3, 0.4) is 0 Å². The zero-order chi connectivity index (χ0) is 14.8. The molecule has 1 atom stereocenters. The Morgan fingerprint density at radius 3 is 3.00 bits per heavy atom. The number of aromatic nitrogens is 1. The average Bonchev–Trinajstić information content (AvgIpc) is 3.16. The minimum absolute atomic E-state index is 0.0928. The Labute approximate surface area is 126 Å². The van der Waals surface area contributed by atoms with Crippen molar-refractivity contribution in [2.45, 2.75) is 6.42 Å². The first-order chi connectivity index (χ1) is 10.2. The molecule has 0 aliphatic carbocycles. The van der Waals surface area contributed by atoms with Gasteiger partial charge in [0.25, 0.3) is 5.91 Å². The van der Waals surface area contributed by atoms with Crippen LogP contribution in [0.4, 0.5) is 4.39 Å². The van der Waals surface area contributed by atoms with E-state index in [1.54, 1.807) is 28.5 Å². The van der Waals surface area contributed by atoms with Gasteiger partial charge in [-0.15, -0.1) is 11.3 Å². The maximum Gasteiger partial charge on any atom is 0.273 e. The first-order valence-electron chi connectivity index (χ1n) is 6.89. The van der Waals surface area contributed by atoms with Gasteiger partial charge in [-0.3, -0.25) is 4.79 Å². The molecule has 110 valence electrons. The number of carbonyl (C=O) groups is 1. The zero-order valence-electron chi connectivity index (χ0n) is 11.5. The smallest absolute Gasteiger partial charge is 0.273 e. The van der Waals surface area contributed by atoms with Gasteiger partial charge >= 0.3 is 0 Å². The van der Waals surface area contributed by atoms with Gasteiger partial charge in [0.15, 0.2) is 0 Å². The van der Waals surface area contributed by atoms with Crippen molar-refractivity contribution >= 4 is 17.2 Å². The lowest BCUT2D eigenvalue weighted by atomic mass is 10.1. The van der Waals surface area contributed by atoms with Gasteiger partial charge < -0.3 is 10.6 Å². The third kappa shape index (κ3) is 2.82. The predicted octanol–water partition coefficient (Wildman–Crippen LogP) is 2.37. The fourth-order valence-electron chi connectivity index (χ4n) is 2.50. The number of likely N-dealkylation sites (tertiary alicyclic amines) is 1. The summed E-state index contributed by atoms with van der Waals surface area (Å²) in [5.74, 6) is -0.0429. The first kappa shape index (κ1) is 14.2. The molecule has 0 saturated carbocycles.